The number of aryl methyl sites for hydroxylation is 1. The Morgan fingerprint density at radius 3 is 2.19 bits per heavy atom. The van der Waals surface area contributed by atoms with Gasteiger partial charge in [0.1, 0.15) is 0 Å². The zero-order valence-corrected chi connectivity index (χ0v) is 16.6. The van der Waals surface area contributed by atoms with E-state index in [4.69, 9.17) is 9.47 Å². The summed E-state index contributed by atoms with van der Waals surface area (Å²) in [4.78, 5) is 23.7. The zero-order chi connectivity index (χ0) is 19.9. The summed E-state index contributed by atoms with van der Waals surface area (Å²) >= 11 is 0. The Morgan fingerprint density at radius 2 is 1.73 bits per heavy atom. The molecule has 1 atom stereocenters. The second-order valence-electron chi connectivity index (χ2n) is 6.30. The Balaban J connectivity index is 0.00000163. The molecule has 0 aliphatic heterocycles. The van der Waals surface area contributed by atoms with Crippen LogP contribution in [0.5, 0.6) is 11.5 Å². The second kappa shape index (κ2) is 10.00. The zero-order valence-electron chi connectivity index (χ0n) is 16.6. The van der Waals surface area contributed by atoms with Crippen LogP contribution in [0.2, 0.25) is 0 Å². The van der Waals surface area contributed by atoms with Gasteiger partial charge in [-0.1, -0.05) is 13.8 Å². The van der Waals surface area contributed by atoms with E-state index in [2.05, 4.69) is 0 Å². The largest absolute Gasteiger partial charge is 0.493 e. The lowest BCUT2D eigenvalue weighted by Gasteiger charge is -2.12. The molecular weight excluding hydrogens is 332 g/mol. The molecule has 0 bridgehead atoms. The number of ether oxygens (including phenoxy) is 2. The molecule has 1 saturated carbocycles. The first-order valence-electron chi connectivity index (χ1n) is 9.04. The van der Waals surface area contributed by atoms with Gasteiger partial charge in [0.05, 0.1) is 20.1 Å². The fraction of sp³-hybridized carbons (Fsp3) is 0.524. The first-order valence-corrected chi connectivity index (χ1v) is 9.04. The molecule has 2 rings (SSSR count). The van der Waals surface area contributed by atoms with Gasteiger partial charge in [-0.2, -0.15) is 0 Å². The van der Waals surface area contributed by atoms with Gasteiger partial charge in [-0.05, 0) is 67.5 Å². The first-order chi connectivity index (χ1) is 12.4. The molecule has 5 heteroatoms. The van der Waals surface area contributed by atoms with Crippen LogP contribution in [-0.2, 0) is 9.59 Å². The fourth-order valence-electron chi connectivity index (χ4n) is 2.78. The Labute approximate surface area is 156 Å². The van der Waals surface area contributed by atoms with Gasteiger partial charge in [0.15, 0.2) is 17.3 Å². The maximum absolute atomic E-state index is 12.4. The number of hydrogen-bond acceptors (Lipinski definition) is 4. The molecule has 1 aromatic carbocycles. The SMILES string of the molecule is CC.COc1cc(C)c(/C=C(\C)C(=O)CC(C(=O)O)C2CC2)cc1OC. The number of allylic oxidation sites excluding steroid dienone is 1. The van der Waals surface area contributed by atoms with Crippen LogP contribution < -0.4 is 9.47 Å². The number of carbonyl (C=O) groups excluding carboxylic acids is 1. The highest BCUT2D eigenvalue weighted by molar-refractivity contribution is 6.00. The van der Waals surface area contributed by atoms with Crippen molar-refractivity contribution in [1.29, 1.82) is 0 Å². The van der Waals surface area contributed by atoms with Crippen molar-refractivity contribution >= 4 is 17.8 Å². The molecule has 0 heterocycles. The highest BCUT2D eigenvalue weighted by Crippen LogP contribution is 2.39. The quantitative estimate of drug-likeness (QED) is 0.689. The minimum Gasteiger partial charge on any atom is -0.493 e. The molecule has 26 heavy (non-hydrogen) atoms. The monoisotopic (exact) mass is 362 g/mol. The maximum Gasteiger partial charge on any atom is 0.307 e. The normalized spacial score (nSPS) is 14.8. The van der Waals surface area contributed by atoms with Gasteiger partial charge in [-0.15, -0.1) is 0 Å². The van der Waals surface area contributed by atoms with E-state index in [1.807, 2.05) is 32.9 Å². The van der Waals surface area contributed by atoms with E-state index >= 15 is 0 Å². The summed E-state index contributed by atoms with van der Waals surface area (Å²) < 4.78 is 10.6. The average molecular weight is 362 g/mol. The smallest absolute Gasteiger partial charge is 0.307 e. The van der Waals surface area contributed by atoms with Crippen molar-refractivity contribution in [3.63, 3.8) is 0 Å². The van der Waals surface area contributed by atoms with Crippen molar-refractivity contribution < 1.29 is 24.2 Å². The number of benzene rings is 1. The lowest BCUT2D eigenvalue weighted by molar-refractivity contribution is -0.144. The highest BCUT2D eigenvalue weighted by Gasteiger charge is 2.37. The van der Waals surface area contributed by atoms with Gasteiger partial charge in [0.25, 0.3) is 0 Å². The van der Waals surface area contributed by atoms with E-state index in [0.717, 1.165) is 24.0 Å². The van der Waals surface area contributed by atoms with Crippen molar-refractivity contribution in [3.8, 4) is 11.5 Å². The Kier molecular flexibility index (Phi) is 8.36. The molecule has 1 aliphatic carbocycles. The summed E-state index contributed by atoms with van der Waals surface area (Å²) in [5.74, 6) is -0.175. The van der Waals surface area contributed by atoms with Gasteiger partial charge in [0, 0.05) is 6.42 Å². The van der Waals surface area contributed by atoms with Gasteiger partial charge in [0.2, 0.25) is 0 Å². The Bertz CT molecular complexity index is 671. The summed E-state index contributed by atoms with van der Waals surface area (Å²) in [7, 11) is 3.14. The van der Waals surface area contributed by atoms with Gasteiger partial charge >= 0.3 is 5.97 Å². The van der Waals surface area contributed by atoms with Crippen molar-refractivity contribution in [3.05, 3.63) is 28.8 Å². The summed E-state index contributed by atoms with van der Waals surface area (Å²) in [5.41, 5.74) is 2.37. The van der Waals surface area contributed by atoms with Crippen LogP contribution in [0.15, 0.2) is 17.7 Å². The molecule has 1 unspecified atom stereocenters. The van der Waals surface area contributed by atoms with Crippen LogP contribution in [-0.4, -0.2) is 31.1 Å². The molecule has 0 spiro atoms. The van der Waals surface area contributed by atoms with Gasteiger partial charge in [-0.3, -0.25) is 9.59 Å². The van der Waals surface area contributed by atoms with Crippen LogP contribution >= 0.6 is 0 Å². The van der Waals surface area contributed by atoms with Crippen molar-refractivity contribution in [1.82, 2.24) is 0 Å². The van der Waals surface area contributed by atoms with E-state index in [1.54, 1.807) is 27.2 Å². The minimum atomic E-state index is -0.874. The Hall–Kier alpha value is -2.30. The third kappa shape index (κ3) is 5.61. The number of methoxy groups -OCH3 is 2. The van der Waals surface area contributed by atoms with E-state index in [0.29, 0.717) is 17.1 Å². The van der Waals surface area contributed by atoms with Crippen molar-refractivity contribution in [2.75, 3.05) is 14.2 Å². The van der Waals surface area contributed by atoms with Crippen LogP contribution in [0.3, 0.4) is 0 Å². The fourth-order valence-corrected chi connectivity index (χ4v) is 2.78. The molecule has 0 saturated heterocycles. The van der Waals surface area contributed by atoms with Crippen LogP contribution in [0.4, 0.5) is 0 Å². The molecule has 1 fully saturated rings. The summed E-state index contributed by atoms with van der Waals surface area (Å²) in [5, 5.41) is 9.27. The van der Waals surface area contributed by atoms with Crippen molar-refractivity contribution in [2.24, 2.45) is 11.8 Å². The molecule has 5 nitrogen and oxygen atoms in total. The molecule has 1 aromatic rings. The molecule has 0 aromatic heterocycles. The molecule has 0 radical (unpaired) electrons. The highest BCUT2D eigenvalue weighted by atomic mass is 16.5. The molecule has 144 valence electrons. The number of carbonyl (C=O) groups is 2. The van der Waals surface area contributed by atoms with Gasteiger partial charge in [-0.25, -0.2) is 0 Å². The number of hydrogen-bond donors (Lipinski definition) is 1. The number of carboxylic acids is 1. The first kappa shape index (κ1) is 21.7. The topological polar surface area (TPSA) is 72.8 Å². The van der Waals surface area contributed by atoms with Gasteiger partial charge < -0.3 is 14.6 Å². The van der Waals surface area contributed by atoms with E-state index in [9.17, 15) is 14.7 Å². The number of rotatable bonds is 8. The number of carboxylic acid groups (broad SMARTS) is 1. The summed E-state index contributed by atoms with van der Waals surface area (Å²) in [6.45, 7) is 7.65. The van der Waals surface area contributed by atoms with Crippen LogP contribution in [0.25, 0.3) is 6.08 Å². The predicted molar refractivity (Wildman–Crippen MR) is 103 cm³/mol. The minimum absolute atomic E-state index is 0.0642. The van der Waals surface area contributed by atoms with Crippen LogP contribution in [0, 0.1) is 18.8 Å². The lowest BCUT2D eigenvalue weighted by atomic mass is 9.93. The third-order valence-electron chi connectivity index (χ3n) is 4.50. The Morgan fingerprint density at radius 1 is 1.19 bits per heavy atom. The molecule has 1 aliphatic rings. The van der Waals surface area contributed by atoms with E-state index in [1.165, 1.54) is 0 Å². The average Bonchev–Trinajstić information content (AvgIpc) is 3.46. The molecule has 0 amide bonds. The standard InChI is InChI=1S/C19H24O5.C2H6/c1-11-8-17(23-3)18(24-4)9-14(11)7-12(2)16(20)10-15(19(21)22)13-5-6-13;1-2/h7-9,13,15H,5-6,10H2,1-4H3,(H,21,22);1-2H3/b12-7+;. The second-order valence-corrected chi connectivity index (χ2v) is 6.30. The number of ketones is 1. The number of aliphatic carboxylic acids is 1. The van der Waals surface area contributed by atoms with Crippen LogP contribution in [0.1, 0.15) is 51.2 Å². The number of Topliss-reactive ketones (excluding diaryl/α,β-unsaturated/α-hetero) is 1. The lowest BCUT2D eigenvalue weighted by Crippen LogP contribution is -2.20. The third-order valence-corrected chi connectivity index (χ3v) is 4.50. The van der Waals surface area contributed by atoms with E-state index < -0.39 is 11.9 Å². The van der Waals surface area contributed by atoms with Crippen molar-refractivity contribution in [2.45, 2.75) is 47.0 Å². The summed E-state index contributed by atoms with van der Waals surface area (Å²) in [6, 6.07) is 3.67. The summed E-state index contributed by atoms with van der Waals surface area (Å²) in [6.07, 6.45) is 3.66. The van der Waals surface area contributed by atoms with E-state index in [-0.39, 0.29) is 18.1 Å². The predicted octanol–water partition coefficient (Wildman–Crippen LogP) is 4.51. The molecule has 1 N–H and O–H groups in total. The maximum atomic E-state index is 12.4. The molecular formula is C21H30O5.